The smallest absolute Gasteiger partial charge is 0.339 e. The number of esters is 2. The zero-order valence-corrected chi connectivity index (χ0v) is 15.7. The number of carbonyl (C=O) groups is 4. The van der Waals surface area contributed by atoms with E-state index in [1.54, 1.807) is 30.3 Å². The SMILES string of the molecule is COC(=O)c1ccc(NC(=O)CN(C(C)=O)c2ccccc2C(=O)OC)cc1. The third-order valence-corrected chi connectivity index (χ3v) is 3.87. The number of para-hydroxylation sites is 1. The Morgan fingerprint density at radius 2 is 1.50 bits per heavy atom. The lowest BCUT2D eigenvalue weighted by molar-refractivity contribution is -0.120. The van der Waals surface area contributed by atoms with E-state index in [1.807, 2.05) is 0 Å². The summed E-state index contributed by atoms with van der Waals surface area (Å²) in [5.74, 6) is -1.98. The van der Waals surface area contributed by atoms with Crippen LogP contribution in [0.15, 0.2) is 48.5 Å². The number of methoxy groups -OCH3 is 2. The Morgan fingerprint density at radius 3 is 2.07 bits per heavy atom. The summed E-state index contributed by atoms with van der Waals surface area (Å²) in [4.78, 5) is 49.1. The Balaban J connectivity index is 2.17. The molecule has 0 saturated carbocycles. The molecule has 0 atom stereocenters. The fourth-order valence-corrected chi connectivity index (χ4v) is 2.51. The van der Waals surface area contributed by atoms with Gasteiger partial charge in [-0.05, 0) is 36.4 Å². The van der Waals surface area contributed by atoms with E-state index in [9.17, 15) is 19.2 Å². The topological polar surface area (TPSA) is 102 Å². The molecule has 28 heavy (non-hydrogen) atoms. The summed E-state index contributed by atoms with van der Waals surface area (Å²) < 4.78 is 9.35. The van der Waals surface area contributed by atoms with Crippen LogP contribution in [0.3, 0.4) is 0 Å². The summed E-state index contributed by atoms with van der Waals surface area (Å²) in [7, 11) is 2.52. The van der Waals surface area contributed by atoms with Crippen LogP contribution in [-0.2, 0) is 19.1 Å². The normalized spacial score (nSPS) is 9.96. The van der Waals surface area contributed by atoms with E-state index in [4.69, 9.17) is 4.74 Å². The van der Waals surface area contributed by atoms with Crippen LogP contribution in [0.4, 0.5) is 11.4 Å². The highest BCUT2D eigenvalue weighted by Crippen LogP contribution is 2.22. The molecular formula is C20H20N2O6. The number of anilines is 2. The molecule has 0 bridgehead atoms. The van der Waals surface area contributed by atoms with Gasteiger partial charge in [-0.3, -0.25) is 9.59 Å². The molecule has 2 amide bonds. The van der Waals surface area contributed by atoms with Crippen LogP contribution in [0, 0.1) is 0 Å². The Morgan fingerprint density at radius 1 is 0.893 bits per heavy atom. The van der Waals surface area contributed by atoms with E-state index in [0.717, 1.165) is 0 Å². The number of nitrogens with one attached hydrogen (secondary N) is 1. The van der Waals surface area contributed by atoms with E-state index in [2.05, 4.69) is 10.1 Å². The average Bonchev–Trinajstić information content (AvgIpc) is 2.71. The first-order valence-corrected chi connectivity index (χ1v) is 8.31. The van der Waals surface area contributed by atoms with Crippen molar-refractivity contribution in [3.05, 3.63) is 59.7 Å². The summed E-state index contributed by atoms with van der Waals surface area (Å²) in [6.45, 7) is 0.995. The van der Waals surface area contributed by atoms with Gasteiger partial charge in [0.25, 0.3) is 0 Å². The Bertz CT molecular complexity index is 892. The minimum Gasteiger partial charge on any atom is -0.465 e. The van der Waals surface area contributed by atoms with Crippen molar-refractivity contribution in [2.75, 3.05) is 31.0 Å². The molecule has 0 spiro atoms. The Kier molecular flexibility index (Phi) is 6.86. The number of amides is 2. The van der Waals surface area contributed by atoms with Gasteiger partial charge in [-0.25, -0.2) is 9.59 Å². The van der Waals surface area contributed by atoms with Crippen molar-refractivity contribution in [2.24, 2.45) is 0 Å². The van der Waals surface area contributed by atoms with Gasteiger partial charge in [0.15, 0.2) is 0 Å². The monoisotopic (exact) mass is 384 g/mol. The van der Waals surface area contributed by atoms with Crippen LogP contribution in [0.2, 0.25) is 0 Å². The molecule has 0 fully saturated rings. The van der Waals surface area contributed by atoms with Gasteiger partial charge in [0.2, 0.25) is 11.8 Å². The molecule has 0 radical (unpaired) electrons. The summed E-state index contributed by atoms with van der Waals surface area (Å²) in [6.07, 6.45) is 0. The van der Waals surface area contributed by atoms with Gasteiger partial charge in [-0.15, -0.1) is 0 Å². The molecule has 0 heterocycles. The molecule has 0 aliphatic rings. The molecule has 2 aromatic carbocycles. The second-order valence-electron chi connectivity index (χ2n) is 5.73. The molecule has 2 aromatic rings. The first-order valence-electron chi connectivity index (χ1n) is 8.31. The maximum atomic E-state index is 12.4. The zero-order chi connectivity index (χ0) is 20.7. The van der Waals surface area contributed by atoms with E-state index in [1.165, 1.54) is 44.2 Å². The number of hydrogen-bond donors (Lipinski definition) is 1. The standard InChI is InChI=1S/C20H20N2O6/c1-13(23)22(17-7-5-4-6-16(17)20(26)28-3)12-18(24)21-15-10-8-14(9-11-15)19(25)27-2/h4-11H,12H2,1-3H3,(H,21,24). The minimum atomic E-state index is -0.611. The fraction of sp³-hybridized carbons (Fsp3) is 0.200. The Hall–Kier alpha value is -3.68. The first-order chi connectivity index (χ1) is 13.4. The van der Waals surface area contributed by atoms with Crippen LogP contribution in [-0.4, -0.2) is 44.5 Å². The number of hydrogen-bond acceptors (Lipinski definition) is 6. The molecule has 0 aromatic heterocycles. The van der Waals surface area contributed by atoms with E-state index >= 15 is 0 Å². The lowest BCUT2D eigenvalue weighted by Crippen LogP contribution is -2.37. The molecule has 146 valence electrons. The van der Waals surface area contributed by atoms with Crippen molar-refractivity contribution in [3.8, 4) is 0 Å². The average molecular weight is 384 g/mol. The maximum Gasteiger partial charge on any atom is 0.339 e. The van der Waals surface area contributed by atoms with Crippen molar-refractivity contribution in [3.63, 3.8) is 0 Å². The summed E-state index contributed by atoms with van der Waals surface area (Å²) in [5, 5.41) is 2.64. The maximum absolute atomic E-state index is 12.4. The van der Waals surface area contributed by atoms with Gasteiger partial charge in [0.1, 0.15) is 6.54 Å². The molecule has 8 heteroatoms. The molecule has 0 unspecified atom stereocenters. The van der Waals surface area contributed by atoms with Gasteiger partial charge in [0, 0.05) is 12.6 Å². The van der Waals surface area contributed by atoms with Crippen LogP contribution < -0.4 is 10.2 Å². The minimum absolute atomic E-state index is 0.176. The summed E-state index contributed by atoms with van der Waals surface area (Å²) >= 11 is 0. The summed E-state index contributed by atoms with van der Waals surface area (Å²) in [6, 6.07) is 12.5. The highest BCUT2D eigenvalue weighted by atomic mass is 16.5. The molecule has 0 aliphatic carbocycles. The zero-order valence-electron chi connectivity index (χ0n) is 15.7. The van der Waals surface area contributed by atoms with Crippen molar-refractivity contribution < 1.29 is 28.7 Å². The predicted molar refractivity (Wildman–Crippen MR) is 102 cm³/mol. The number of ether oxygens (including phenoxy) is 2. The van der Waals surface area contributed by atoms with Gasteiger partial charge in [-0.1, -0.05) is 12.1 Å². The highest BCUT2D eigenvalue weighted by Gasteiger charge is 2.22. The van der Waals surface area contributed by atoms with Crippen molar-refractivity contribution in [2.45, 2.75) is 6.92 Å². The fourth-order valence-electron chi connectivity index (χ4n) is 2.51. The van der Waals surface area contributed by atoms with Crippen LogP contribution in [0.1, 0.15) is 27.6 Å². The van der Waals surface area contributed by atoms with Crippen molar-refractivity contribution >= 4 is 35.1 Å². The number of rotatable bonds is 6. The summed E-state index contributed by atoms with van der Waals surface area (Å²) in [5.41, 5.74) is 1.24. The molecular weight excluding hydrogens is 364 g/mol. The first kappa shape index (κ1) is 20.6. The highest BCUT2D eigenvalue weighted by molar-refractivity contribution is 6.06. The van der Waals surface area contributed by atoms with Crippen LogP contribution in [0.5, 0.6) is 0 Å². The lowest BCUT2D eigenvalue weighted by Gasteiger charge is -2.22. The van der Waals surface area contributed by atoms with E-state index in [-0.39, 0.29) is 17.8 Å². The molecule has 8 nitrogen and oxygen atoms in total. The molecule has 0 aliphatic heterocycles. The van der Waals surface area contributed by atoms with E-state index in [0.29, 0.717) is 11.3 Å². The molecule has 0 saturated heterocycles. The van der Waals surface area contributed by atoms with Gasteiger partial charge >= 0.3 is 11.9 Å². The third-order valence-electron chi connectivity index (χ3n) is 3.87. The van der Waals surface area contributed by atoms with Gasteiger partial charge in [0.05, 0.1) is 31.0 Å². The second-order valence-corrected chi connectivity index (χ2v) is 5.73. The lowest BCUT2D eigenvalue weighted by atomic mass is 10.1. The second kappa shape index (κ2) is 9.31. The van der Waals surface area contributed by atoms with Crippen molar-refractivity contribution in [1.82, 2.24) is 0 Å². The third kappa shape index (κ3) is 4.94. The number of carbonyl (C=O) groups excluding carboxylic acids is 4. The molecule has 2 rings (SSSR count). The van der Waals surface area contributed by atoms with Crippen LogP contribution >= 0.6 is 0 Å². The largest absolute Gasteiger partial charge is 0.465 e. The number of benzene rings is 2. The molecule has 1 N–H and O–H groups in total. The van der Waals surface area contributed by atoms with Gasteiger partial charge in [-0.2, -0.15) is 0 Å². The quantitative estimate of drug-likeness (QED) is 0.767. The van der Waals surface area contributed by atoms with Gasteiger partial charge < -0.3 is 19.7 Å². The number of nitrogens with zero attached hydrogens (tertiary/aromatic N) is 1. The Labute approximate surface area is 162 Å². The van der Waals surface area contributed by atoms with Crippen LogP contribution in [0.25, 0.3) is 0 Å². The predicted octanol–water partition coefficient (Wildman–Crippen LogP) is 2.25. The van der Waals surface area contributed by atoms with E-state index < -0.39 is 23.8 Å². The van der Waals surface area contributed by atoms with Crippen molar-refractivity contribution in [1.29, 1.82) is 0 Å².